The van der Waals surface area contributed by atoms with E-state index in [2.05, 4.69) is 40.7 Å². The molecule has 3 heteroatoms. The molecule has 0 spiro atoms. The Labute approximate surface area is 190 Å². The Bertz CT molecular complexity index is 732. The minimum Gasteiger partial charge on any atom is -0.396 e. The van der Waals surface area contributed by atoms with Crippen LogP contribution in [-0.4, -0.2) is 28.7 Å². The summed E-state index contributed by atoms with van der Waals surface area (Å²) in [7, 11) is 0. The molecule has 1 saturated heterocycles. The molecule has 31 heavy (non-hydrogen) atoms. The predicted octanol–water partition coefficient (Wildman–Crippen LogP) is 5.94. The number of rotatable bonds is 4. The van der Waals surface area contributed by atoms with Gasteiger partial charge in [0, 0.05) is 18.9 Å². The van der Waals surface area contributed by atoms with E-state index in [0.717, 1.165) is 36.5 Å². The van der Waals surface area contributed by atoms with Crippen LogP contribution in [0.3, 0.4) is 0 Å². The fraction of sp³-hybridized carbons (Fsp3) is 0.929. The SMILES string of the molecule is CC(CO)CCC1(O)OC2CC3C4CC=C5CC(C)CCC5(C)C4CCC3(C)C2C1C. The Morgan fingerprint density at radius 2 is 1.94 bits per heavy atom. The van der Waals surface area contributed by atoms with Crippen molar-refractivity contribution < 1.29 is 14.9 Å². The highest BCUT2D eigenvalue weighted by Crippen LogP contribution is 2.70. The van der Waals surface area contributed by atoms with E-state index in [1.807, 2.05) is 0 Å². The number of aliphatic hydroxyl groups is 2. The van der Waals surface area contributed by atoms with Crippen LogP contribution in [0.5, 0.6) is 0 Å². The summed E-state index contributed by atoms with van der Waals surface area (Å²) in [5.41, 5.74) is 2.51. The molecule has 2 N–H and O–H groups in total. The second-order valence-corrected chi connectivity index (χ2v) is 13.0. The van der Waals surface area contributed by atoms with Gasteiger partial charge in [-0.25, -0.2) is 0 Å². The molecule has 5 rings (SSSR count). The highest BCUT2D eigenvalue weighted by molar-refractivity contribution is 5.25. The fourth-order valence-electron chi connectivity index (χ4n) is 9.37. The third kappa shape index (κ3) is 3.23. The first kappa shape index (κ1) is 22.4. The van der Waals surface area contributed by atoms with Crippen LogP contribution in [0.25, 0.3) is 0 Å². The smallest absolute Gasteiger partial charge is 0.168 e. The zero-order valence-corrected chi connectivity index (χ0v) is 20.6. The maximum atomic E-state index is 11.5. The summed E-state index contributed by atoms with van der Waals surface area (Å²) < 4.78 is 6.52. The number of allylic oxidation sites excluding steroid dienone is 2. The van der Waals surface area contributed by atoms with Crippen LogP contribution in [-0.2, 0) is 4.74 Å². The van der Waals surface area contributed by atoms with Gasteiger partial charge in [0.1, 0.15) is 0 Å². The van der Waals surface area contributed by atoms with Crippen LogP contribution in [0.1, 0.15) is 92.4 Å². The first-order valence-corrected chi connectivity index (χ1v) is 13.3. The lowest BCUT2D eigenvalue weighted by Crippen LogP contribution is -2.51. The van der Waals surface area contributed by atoms with Crippen molar-refractivity contribution in [2.24, 2.45) is 52.3 Å². The van der Waals surface area contributed by atoms with E-state index >= 15 is 0 Å². The van der Waals surface area contributed by atoms with Gasteiger partial charge in [0.15, 0.2) is 5.79 Å². The summed E-state index contributed by atoms with van der Waals surface area (Å²) in [6.45, 7) is 12.1. The van der Waals surface area contributed by atoms with Crippen molar-refractivity contribution in [3.63, 3.8) is 0 Å². The summed E-state index contributed by atoms with van der Waals surface area (Å²) in [6, 6.07) is 0. The molecule has 0 amide bonds. The standard InChI is InChI=1S/C28H46O3/c1-17-8-11-26(4)20(14-17)6-7-21-22(26)10-12-27(5)23(21)15-24-25(27)19(3)28(30,31-24)13-9-18(2)16-29/h6,17-19,21-25,29-30H,7-16H2,1-5H3. The number of aliphatic hydroxyl groups excluding tert-OH is 1. The molecule has 0 aromatic heterocycles. The average molecular weight is 431 g/mol. The van der Waals surface area contributed by atoms with Crippen LogP contribution < -0.4 is 0 Å². The van der Waals surface area contributed by atoms with Crippen molar-refractivity contribution in [2.75, 3.05) is 6.61 Å². The normalized spacial score (nSPS) is 54.4. The van der Waals surface area contributed by atoms with Gasteiger partial charge in [0.05, 0.1) is 6.10 Å². The minimum absolute atomic E-state index is 0.177. The molecule has 4 fully saturated rings. The molecule has 5 aliphatic rings. The highest BCUT2D eigenvalue weighted by Gasteiger charge is 2.67. The van der Waals surface area contributed by atoms with E-state index < -0.39 is 5.79 Å². The number of hydrogen-bond donors (Lipinski definition) is 2. The van der Waals surface area contributed by atoms with Gasteiger partial charge in [-0.1, -0.05) is 46.3 Å². The van der Waals surface area contributed by atoms with Crippen LogP contribution >= 0.6 is 0 Å². The molecule has 176 valence electrons. The third-order valence-electron chi connectivity index (χ3n) is 11.3. The summed E-state index contributed by atoms with van der Waals surface area (Å²) in [5, 5.41) is 20.9. The predicted molar refractivity (Wildman–Crippen MR) is 124 cm³/mol. The molecule has 0 radical (unpaired) electrons. The van der Waals surface area contributed by atoms with Crippen molar-refractivity contribution in [2.45, 2.75) is 104 Å². The quantitative estimate of drug-likeness (QED) is 0.542. The van der Waals surface area contributed by atoms with E-state index in [4.69, 9.17) is 4.74 Å². The lowest BCUT2D eigenvalue weighted by atomic mass is 9.46. The monoisotopic (exact) mass is 430 g/mol. The van der Waals surface area contributed by atoms with Gasteiger partial charge in [0.25, 0.3) is 0 Å². The first-order chi connectivity index (χ1) is 14.6. The molecule has 4 aliphatic carbocycles. The molecule has 11 unspecified atom stereocenters. The molecule has 0 bridgehead atoms. The Kier molecular flexibility index (Phi) is 5.47. The third-order valence-corrected chi connectivity index (χ3v) is 11.3. The van der Waals surface area contributed by atoms with Gasteiger partial charge < -0.3 is 14.9 Å². The van der Waals surface area contributed by atoms with Crippen LogP contribution in [0.2, 0.25) is 0 Å². The van der Waals surface area contributed by atoms with Gasteiger partial charge >= 0.3 is 0 Å². The van der Waals surface area contributed by atoms with Crippen molar-refractivity contribution in [1.29, 1.82) is 0 Å². The molecule has 0 aromatic carbocycles. The number of hydrogen-bond acceptors (Lipinski definition) is 3. The Morgan fingerprint density at radius 3 is 2.68 bits per heavy atom. The van der Waals surface area contributed by atoms with Gasteiger partial charge in [-0.15, -0.1) is 0 Å². The number of fused-ring (bicyclic) bond motifs is 7. The summed E-state index contributed by atoms with van der Waals surface area (Å²) in [5.74, 6) is 3.10. The van der Waals surface area contributed by atoms with E-state index in [0.29, 0.717) is 23.2 Å². The van der Waals surface area contributed by atoms with Crippen LogP contribution in [0.15, 0.2) is 11.6 Å². The summed E-state index contributed by atoms with van der Waals surface area (Å²) in [6.07, 6.45) is 13.5. The minimum atomic E-state index is -1.01. The Hall–Kier alpha value is -0.380. The number of ether oxygens (including phenoxy) is 1. The van der Waals surface area contributed by atoms with Gasteiger partial charge in [0.2, 0.25) is 0 Å². The maximum absolute atomic E-state index is 11.5. The van der Waals surface area contributed by atoms with E-state index in [9.17, 15) is 10.2 Å². The summed E-state index contributed by atoms with van der Waals surface area (Å²) in [4.78, 5) is 0. The lowest BCUT2D eigenvalue weighted by Gasteiger charge is -2.58. The largest absolute Gasteiger partial charge is 0.396 e. The molecular weight excluding hydrogens is 384 g/mol. The molecule has 1 aliphatic heterocycles. The Balaban J connectivity index is 1.37. The summed E-state index contributed by atoms with van der Waals surface area (Å²) >= 11 is 0. The molecule has 1 heterocycles. The van der Waals surface area contributed by atoms with Crippen LogP contribution in [0, 0.1) is 52.3 Å². The van der Waals surface area contributed by atoms with E-state index in [-0.39, 0.29) is 24.5 Å². The average Bonchev–Trinajstić information content (AvgIpc) is 3.17. The van der Waals surface area contributed by atoms with Gasteiger partial charge in [-0.2, -0.15) is 0 Å². The van der Waals surface area contributed by atoms with E-state index in [1.54, 1.807) is 5.57 Å². The molecule has 3 saturated carbocycles. The van der Waals surface area contributed by atoms with Crippen LogP contribution in [0.4, 0.5) is 0 Å². The highest BCUT2D eigenvalue weighted by atomic mass is 16.6. The van der Waals surface area contributed by atoms with Crippen molar-refractivity contribution in [3.8, 4) is 0 Å². The van der Waals surface area contributed by atoms with Crippen molar-refractivity contribution >= 4 is 0 Å². The molecule has 0 aromatic rings. The second kappa shape index (κ2) is 7.57. The molecular formula is C28H46O3. The van der Waals surface area contributed by atoms with Gasteiger partial charge in [-0.05, 0) is 97.7 Å². The van der Waals surface area contributed by atoms with E-state index in [1.165, 1.54) is 38.5 Å². The Morgan fingerprint density at radius 1 is 1.16 bits per heavy atom. The molecule has 11 atom stereocenters. The molecule has 3 nitrogen and oxygen atoms in total. The zero-order valence-electron chi connectivity index (χ0n) is 20.6. The lowest BCUT2D eigenvalue weighted by molar-refractivity contribution is -0.220. The van der Waals surface area contributed by atoms with Crippen molar-refractivity contribution in [3.05, 3.63) is 11.6 Å². The first-order valence-electron chi connectivity index (χ1n) is 13.3. The second-order valence-electron chi connectivity index (χ2n) is 13.0. The zero-order chi connectivity index (χ0) is 22.2. The van der Waals surface area contributed by atoms with Crippen molar-refractivity contribution in [1.82, 2.24) is 0 Å². The fourth-order valence-corrected chi connectivity index (χ4v) is 9.37. The topological polar surface area (TPSA) is 49.7 Å². The van der Waals surface area contributed by atoms with Gasteiger partial charge in [-0.3, -0.25) is 0 Å². The maximum Gasteiger partial charge on any atom is 0.168 e.